The van der Waals surface area contributed by atoms with Gasteiger partial charge in [0.2, 0.25) is 5.95 Å². The minimum atomic E-state index is -0.665. The van der Waals surface area contributed by atoms with Crippen LogP contribution in [0.2, 0.25) is 0 Å². The number of aromatic nitrogens is 3. The minimum Gasteiger partial charge on any atom is -0.368 e. The summed E-state index contributed by atoms with van der Waals surface area (Å²) in [6.07, 6.45) is 0. The molecular weight excluding hydrogens is 279 g/mol. The van der Waals surface area contributed by atoms with Crippen LogP contribution in [0.15, 0.2) is 27.5 Å². The Hall–Kier alpha value is -1.76. The first kappa shape index (κ1) is 10.7. The second-order valence-corrected chi connectivity index (χ2v) is 3.82. The molecule has 7 heteroatoms. The molecule has 0 fully saturated rings. The lowest BCUT2D eigenvalue weighted by Crippen LogP contribution is -2.15. The van der Waals surface area contributed by atoms with Gasteiger partial charge in [-0.05, 0) is 28.1 Å². The molecule has 2 rings (SSSR count). The van der Waals surface area contributed by atoms with Gasteiger partial charge >= 0.3 is 5.69 Å². The summed E-state index contributed by atoms with van der Waals surface area (Å²) < 4.78 is 14.0. The zero-order chi connectivity index (χ0) is 11.7. The zero-order valence-corrected chi connectivity index (χ0v) is 9.45. The average Bonchev–Trinajstić information content (AvgIpc) is 2.20. The van der Waals surface area contributed by atoms with Crippen molar-refractivity contribution in [3.63, 3.8) is 0 Å². The van der Waals surface area contributed by atoms with E-state index in [9.17, 15) is 9.18 Å². The van der Waals surface area contributed by atoms with Gasteiger partial charge in [-0.15, -0.1) is 0 Å². The molecule has 0 aliphatic rings. The number of nitrogens with two attached hydrogens (primary N) is 1. The number of nitrogens with one attached hydrogen (secondary N) is 1. The van der Waals surface area contributed by atoms with Crippen LogP contribution in [0.25, 0.3) is 11.4 Å². The van der Waals surface area contributed by atoms with E-state index < -0.39 is 11.5 Å². The van der Waals surface area contributed by atoms with Gasteiger partial charge in [0.25, 0.3) is 0 Å². The van der Waals surface area contributed by atoms with E-state index in [4.69, 9.17) is 5.73 Å². The van der Waals surface area contributed by atoms with E-state index >= 15 is 0 Å². The van der Waals surface area contributed by atoms with Crippen molar-refractivity contribution < 1.29 is 4.39 Å². The molecule has 0 bridgehead atoms. The van der Waals surface area contributed by atoms with Gasteiger partial charge in [0.1, 0.15) is 11.6 Å². The van der Waals surface area contributed by atoms with E-state index in [1.54, 1.807) is 12.1 Å². The lowest BCUT2D eigenvalue weighted by atomic mass is 10.2. The summed E-state index contributed by atoms with van der Waals surface area (Å²) in [6, 6.07) is 4.65. The van der Waals surface area contributed by atoms with Crippen LogP contribution in [-0.4, -0.2) is 15.0 Å². The summed E-state index contributed by atoms with van der Waals surface area (Å²) in [7, 11) is 0. The topological polar surface area (TPSA) is 84.7 Å². The maximum absolute atomic E-state index is 13.7. The molecule has 1 aromatic carbocycles. The fourth-order valence-electron chi connectivity index (χ4n) is 1.22. The first-order valence-electron chi connectivity index (χ1n) is 4.26. The first-order valence-corrected chi connectivity index (χ1v) is 5.05. The standard InChI is InChI=1S/C9H6BrFN4O/c10-5-3-1-2-4(6(5)11)7-13-8(12)15-9(16)14-7/h1-3H,(H3,12,13,14,15,16). The Bertz CT molecular complexity index is 598. The second kappa shape index (κ2) is 4.01. The lowest BCUT2D eigenvalue weighted by molar-refractivity contribution is 0.623. The highest BCUT2D eigenvalue weighted by Crippen LogP contribution is 2.24. The summed E-state index contributed by atoms with van der Waals surface area (Å²) in [6.45, 7) is 0. The molecule has 0 radical (unpaired) electrons. The van der Waals surface area contributed by atoms with Crippen LogP contribution >= 0.6 is 15.9 Å². The van der Waals surface area contributed by atoms with Crippen molar-refractivity contribution in [1.29, 1.82) is 0 Å². The first-order chi connectivity index (χ1) is 7.58. The smallest absolute Gasteiger partial charge is 0.349 e. The highest BCUT2D eigenvalue weighted by Gasteiger charge is 2.11. The van der Waals surface area contributed by atoms with Crippen LogP contribution in [0.3, 0.4) is 0 Å². The SMILES string of the molecule is Nc1nc(-c2cccc(Br)c2F)[nH]c(=O)n1. The molecule has 1 aromatic heterocycles. The number of anilines is 1. The van der Waals surface area contributed by atoms with Gasteiger partial charge in [-0.2, -0.15) is 9.97 Å². The minimum absolute atomic E-state index is 0.0521. The van der Waals surface area contributed by atoms with E-state index in [1.165, 1.54) is 6.07 Å². The summed E-state index contributed by atoms with van der Waals surface area (Å²) in [5.74, 6) is -0.661. The third-order valence-electron chi connectivity index (χ3n) is 1.87. The summed E-state index contributed by atoms with van der Waals surface area (Å²) in [5.41, 5.74) is 4.80. The molecule has 0 amide bonds. The lowest BCUT2D eigenvalue weighted by Gasteiger charge is -2.03. The van der Waals surface area contributed by atoms with Crippen LogP contribution in [0.1, 0.15) is 0 Å². The van der Waals surface area contributed by atoms with Crippen LogP contribution in [0, 0.1) is 5.82 Å². The number of rotatable bonds is 1. The number of nitrogens with zero attached hydrogens (tertiary/aromatic N) is 2. The Kier molecular flexibility index (Phi) is 2.69. The van der Waals surface area contributed by atoms with E-state index in [1.807, 2.05) is 0 Å². The fraction of sp³-hybridized carbons (Fsp3) is 0. The molecular formula is C9H6BrFN4O. The molecule has 16 heavy (non-hydrogen) atoms. The molecule has 0 aliphatic carbocycles. The van der Waals surface area contributed by atoms with E-state index in [-0.39, 0.29) is 21.8 Å². The summed E-state index contributed by atoms with van der Waals surface area (Å²) >= 11 is 3.04. The fourth-order valence-corrected chi connectivity index (χ4v) is 1.58. The number of hydrogen-bond acceptors (Lipinski definition) is 4. The Morgan fingerprint density at radius 2 is 2.12 bits per heavy atom. The molecule has 0 spiro atoms. The van der Waals surface area contributed by atoms with Crippen LogP contribution in [0.4, 0.5) is 10.3 Å². The second-order valence-electron chi connectivity index (χ2n) is 2.96. The zero-order valence-electron chi connectivity index (χ0n) is 7.87. The van der Waals surface area contributed by atoms with Crippen molar-refractivity contribution in [1.82, 2.24) is 15.0 Å². The highest BCUT2D eigenvalue weighted by molar-refractivity contribution is 9.10. The van der Waals surface area contributed by atoms with Crippen molar-refractivity contribution in [3.05, 3.63) is 39.0 Å². The Labute approximate surface area is 97.7 Å². The van der Waals surface area contributed by atoms with Gasteiger partial charge in [-0.3, -0.25) is 4.98 Å². The quantitative estimate of drug-likeness (QED) is 0.827. The summed E-state index contributed by atoms with van der Waals surface area (Å²) in [5, 5.41) is 0. The predicted molar refractivity (Wildman–Crippen MR) is 60.2 cm³/mol. The van der Waals surface area contributed by atoms with Crippen molar-refractivity contribution in [2.24, 2.45) is 0 Å². The average molecular weight is 285 g/mol. The predicted octanol–water partition coefficient (Wildman–Crippen LogP) is 1.32. The number of benzene rings is 1. The van der Waals surface area contributed by atoms with Crippen molar-refractivity contribution in [2.75, 3.05) is 5.73 Å². The van der Waals surface area contributed by atoms with Crippen molar-refractivity contribution in [2.45, 2.75) is 0 Å². The third-order valence-corrected chi connectivity index (χ3v) is 2.49. The van der Waals surface area contributed by atoms with E-state index in [0.717, 1.165) is 0 Å². The molecule has 1 heterocycles. The molecule has 82 valence electrons. The van der Waals surface area contributed by atoms with E-state index in [2.05, 4.69) is 30.9 Å². The molecule has 0 aliphatic heterocycles. The molecule has 0 atom stereocenters. The number of aromatic amines is 1. The molecule has 3 N–H and O–H groups in total. The number of H-pyrrole nitrogens is 1. The molecule has 2 aromatic rings. The van der Waals surface area contributed by atoms with Gasteiger partial charge < -0.3 is 5.73 Å². The number of halogens is 2. The van der Waals surface area contributed by atoms with Crippen LogP contribution in [-0.2, 0) is 0 Å². The maximum atomic E-state index is 13.7. The van der Waals surface area contributed by atoms with Gasteiger partial charge in [0, 0.05) is 0 Å². The van der Waals surface area contributed by atoms with Gasteiger partial charge in [-0.25, -0.2) is 9.18 Å². The van der Waals surface area contributed by atoms with Crippen LogP contribution in [0.5, 0.6) is 0 Å². The summed E-state index contributed by atoms with van der Waals surface area (Å²) in [4.78, 5) is 20.5. The molecule has 5 nitrogen and oxygen atoms in total. The maximum Gasteiger partial charge on any atom is 0.349 e. The normalized spacial score (nSPS) is 10.4. The largest absolute Gasteiger partial charge is 0.368 e. The van der Waals surface area contributed by atoms with E-state index in [0.29, 0.717) is 0 Å². The van der Waals surface area contributed by atoms with Gasteiger partial charge in [0.05, 0.1) is 10.0 Å². The Morgan fingerprint density at radius 3 is 2.81 bits per heavy atom. The Balaban J connectivity index is 2.67. The molecule has 0 saturated heterocycles. The monoisotopic (exact) mass is 284 g/mol. The van der Waals surface area contributed by atoms with Gasteiger partial charge in [0.15, 0.2) is 0 Å². The third kappa shape index (κ3) is 1.94. The van der Waals surface area contributed by atoms with Gasteiger partial charge in [-0.1, -0.05) is 6.07 Å². The molecule has 0 saturated carbocycles. The van der Waals surface area contributed by atoms with Crippen LogP contribution < -0.4 is 11.4 Å². The van der Waals surface area contributed by atoms with Crippen molar-refractivity contribution in [3.8, 4) is 11.4 Å². The number of nitrogen functional groups attached to an aromatic ring is 1. The van der Waals surface area contributed by atoms with Crippen molar-refractivity contribution >= 4 is 21.9 Å². The number of hydrogen-bond donors (Lipinski definition) is 2. The molecule has 0 unspecified atom stereocenters. The highest BCUT2D eigenvalue weighted by atomic mass is 79.9. The Morgan fingerprint density at radius 1 is 1.38 bits per heavy atom.